The SMILES string of the molecule is Cc1c(C(=O)N2C[C@@H](Oc3ccccc3)C[C@H]2C(=O)c2c(Cl)cncc2Cl)cnn1[C@H]1CC[C@](C)(C(=O)O)CC1. The Morgan fingerprint density at radius 3 is 2.33 bits per heavy atom. The van der Waals surface area contributed by atoms with E-state index in [1.807, 2.05) is 41.9 Å². The summed E-state index contributed by atoms with van der Waals surface area (Å²) in [7, 11) is 0. The predicted molar refractivity (Wildman–Crippen MR) is 149 cm³/mol. The van der Waals surface area contributed by atoms with E-state index in [0.717, 1.165) is 0 Å². The number of aromatic nitrogens is 3. The summed E-state index contributed by atoms with van der Waals surface area (Å²) in [5.41, 5.74) is 0.435. The minimum atomic E-state index is -0.854. The minimum absolute atomic E-state index is 0.00595. The van der Waals surface area contributed by atoms with Gasteiger partial charge in [-0.2, -0.15) is 5.10 Å². The molecule has 0 radical (unpaired) electrons. The van der Waals surface area contributed by atoms with E-state index in [1.54, 1.807) is 6.92 Å². The van der Waals surface area contributed by atoms with Gasteiger partial charge in [0.1, 0.15) is 11.9 Å². The van der Waals surface area contributed by atoms with Crippen molar-refractivity contribution >= 4 is 40.9 Å². The van der Waals surface area contributed by atoms with Crippen LogP contribution in [-0.4, -0.2) is 61.1 Å². The highest BCUT2D eigenvalue weighted by molar-refractivity contribution is 6.40. The van der Waals surface area contributed by atoms with Crippen molar-refractivity contribution in [2.24, 2.45) is 5.41 Å². The summed E-state index contributed by atoms with van der Waals surface area (Å²) in [6.07, 6.45) is 6.43. The van der Waals surface area contributed by atoms with E-state index in [2.05, 4.69) is 10.1 Å². The number of hydrogen-bond acceptors (Lipinski definition) is 6. The molecule has 1 aliphatic carbocycles. The number of benzene rings is 1. The lowest BCUT2D eigenvalue weighted by molar-refractivity contribution is -0.150. The average molecular weight is 585 g/mol. The number of para-hydroxylation sites is 1. The summed E-state index contributed by atoms with van der Waals surface area (Å²) in [4.78, 5) is 44.9. The van der Waals surface area contributed by atoms with Crippen LogP contribution < -0.4 is 4.74 Å². The van der Waals surface area contributed by atoms with Crippen LogP contribution in [0, 0.1) is 12.3 Å². The van der Waals surface area contributed by atoms with Crippen molar-refractivity contribution in [1.29, 1.82) is 0 Å². The smallest absolute Gasteiger partial charge is 0.309 e. The van der Waals surface area contributed by atoms with Gasteiger partial charge < -0.3 is 14.7 Å². The first-order valence-electron chi connectivity index (χ1n) is 13.2. The van der Waals surface area contributed by atoms with Crippen LogP contribution >= 0.6 is 23.2 Å². The number of pyridine rings is 1. The van der Waals surface area contributed by atoms with Gasteiger partial charge in [-0.15, -0.1) is 0 Å². The number of ether oxygens (including phenoxy) is 1. The first-order valence-corrected chi connectivity index (χ1v) is 14.0. The summed E-state index contributed by atoms with van der Waals surface area (Å²) in [5, 5.41) is 14.3. The number of carbonyl (C=O) groups is 3. The van der Waals surface area contributed by atoms with Crippen molar-refractivity contribution < 1.29 is 24.2 Å². The summed E-state index contributed by atoms with van der Waals surface area (Å²) >= 11 is 12.6. The Kier molecular flexibility index (Phi) is 7.88. The molecule has 1 amide bonds. The van der Waals surface area contributed by atoms with Gasteiger partial charge in [0.15, 0.2) is 5.78 Å². The number of nitrogens with zero attached hydrogens (tertiary/aromatic N) is 4. The third kappa shape index (κ3) is 5.32. The van der Waals surface area contributed by atoms with Crippen LogP contribution in [0.25, 0.3) is 0 Å². The van der Waals surface area contributed by atoms with Crippen molar-refractivity contribution in [3.63, 3.8) is 0 Å². The first kappa shape index (κ1) is 28.1. The molecule has 2 aromatic heterocycles. The molecule has 210 valence electrons. The summed E-state index contributed by atoms with van der Waals surface area (Å²) in [6.45, 7) is 3.79. The van der Waals surface area contributed by atoms with Crippen molar-refractivity contribution in [2.45, 2.75) is 64.1 Å². The number of hydrogen-bond donors (Lipinski definition) is 1. The quantitative estimate of drug-likeness (QED) is 0.357. The molecule has 3 heterocycles. The van der Waals surface area contributed by atoms with Crippen LogP contribution in [0.4, 0.5) is 0 Å². The molecule has 11 heteroatoms. The molecule has 40 heavy (non-hydrogen) atoms. The molecular formula is C29H30Cl2N4O5. The van der Waals surface area contributed by atoms with Gasteiger partial charge in [0.05, 0.1) is 51.4 Å². The molecule has 1 saturated heterocycles. The zero-order valence-corrected chi connectivity index (χ0v) is 23.7. The van der Waals surface area contributed by atoms with E-state index in [9.17, 15) is 19.5 Å². The standard InChI is InChI=1S/C29H30Cl2N4O5/c1-17-21(13-33-35(17)18-8-10-29(2,11-9-18)28(38)39)27(37)34-16-20(40-19-6-4-3-5-7-19)12-24(34)26(36)25-22(30)14-32-15-23(25)31/h3-7,13-15,18,20,24H,8-12,16H2,1-2H3,(H,38,39)/t18-,20-,24-,29-/m0/s1. The van der Waals surface area contributed by atoms with Gasteiger partial charge in [0, 0.05) is 24.5 Å². The maximum absolute atomic E-state index is 14.0. The number of likely N-dealkylation sites (tertiary alicyclic amines) is 1. The molecule has 0 unspecified atom stereocenters. The van der Waals surface area contributed by atoms with Crippen LogP contribution in [0.15, 0.2) is 48.9 Å². The lowest BCUT2D eigenvalue weighted by atomic mass is 9.74. The van der Waals surface area contributed by atoms with Crippen molar-refractivity contribution in [3.05, 3.63) is 75.8 Å². The number of rotatable bonds is 7. The molecule has 3 aromatic rings. The number of carboxylic acids is 1. The van der Waals surface area contributed by atoms with Gasteiger partial charge in [-0.1, -0.05) is 41.4 Å². The summed E-state index contributed by atoms with van der Waals surface area (Å²) in [6, 6.07) is 8.38. The number of ketones is 1. The highest BCUT2D eigenvalue weighted by atomic mass is 35.5. The molecule has 2 fully saturated rings. The molecule has 0 spiro atoms. The second kappa shape index (κ2) is 11.2. The topological polar surface area (TPSA) is 115 Å². The molecule has 0 bridgehead atoms. The van der Waals surface area contributed by atoms with Crippen LogP contribution in [0.2, 0.25) is 10.0 Å². The van der Waals surface area contributed by atoms with Gasteiger partial charge in [-0.05, 0) is 51.7 Å². The molecule has 9 nitrogen and oxygen atoms in total. The van der Waals surface area contributed by atoms with Crippen LogP contribution in [0.1, 0.15) is 71.5 Å². The van der Waals surface area contributed by atoms with Crippen molar-refractivity contribution in [2.75, 3.05) is 6.54 Å². The average Bonchev–Trinajstić information content (AvgIpc) is 3.53. The molecule has 2 aliphatic rings. The normalized spacial score (nSPS) is 24.6. The molecule has 2 atom stereocenters. The van der Waals surface area contributed by atoms with Crippen LogP contribution in [-0.2, 0) is 4.79 Å². The number of halogens is 2. The number of aliphatic carboxylic acids is 1. The summed E-state index contributed by atoms with van der Waals surface area (Å²) < 4.78 is 7.96. The number of amides is 1. The van der Waals surface area contributed by atoms with Gasteiger partial charge in [0.2, 0.25) is 0 Å². The van der Waals surface area contributed by atoms with E-state index in [1.165, 1.54) is 23.5 Å². The molecule has 5 rings (SSSR count). The van der Waals surface area contributed by atoms with E-state index < -0.39 is 23.5 Å². The Bertz CT molecular complexity index is 1420. The van der Waals surface area contributed by atoms with E-state index >= 15 is 0 Å². The zero-order chi connectivity index (χ0) is 28.6. The summed E-state index contributed by atoms with van der Waals surface area (Å²) in [5.74, 6) is -0.864. The maximum Gasteiger partial charge on any atom is 0.309 e. The molecule has 1 N–H and O–H groups in total. The number of carbonyl (C=O) groups excluding carboxylic acids is 2. The Hall–Kier alpha value is -3.43. The largest absolute Gasteiger partial charge is 0.488 e. The van der Waals surface area contributed by atoms with Gasteiger partial charge in [-0.25, -0.2) is 0 Å². The Morgan fingerprint density at radius 2 is 1.70 bits per heavy atom. The van der Waals surface area contributed by atoms with E-state index in [4.69, 9.17) is 27.9 Å². The molecular weight excluding hydrogens is 555 g/mol. The Morgan fingerprint density at radius 1 is 1.05 bits per heavy atom. The molecule has 1 saturated carbocycles. The lowest BCUT2D eigenvalue weighted by Gasteiger charge is -2.34. The Balaban J connectivity index is 1.41. The zero-order valence-electron chi connectivity index (χ0n) is 22.2. The van der Waals surface area contributed by atoms with Crippen molar-refractivity contribution in [3.8, 4) is 5.75 Å². The predicted octanol–water partition coefficient (Wildman–Crippen LogP) is 5.64. The second-order valence-electron chi connectivity index (χ2n) is 10.8. The van der Waals surface area contributed by atoms with Gasteiger partial charge in [-0.3, -0.25) is 24.0 Å². The third-order valence-electron chi connectivity index (χ3n) is 8.17. The van der Waals surface area contributed by atoms with Crippen LogP contribution in [0.3, 0.4) is 0 Å². The van der Waals surface area contributed by atoms with Gasteiger partial charge in [0.25, 0.3) is 5.91 Å². The molecule has 1 aliphatic heterocycles. The molecule has 1 aromatic carbocycles. The third-order valence-corrected chi connectivity index (χ3v) is 8.74. The monoisotopic (exact) mass is 584 g/mol. The van der Waals surface area contributed by atoms with E-state index in [0.29, 0.717) is 42.7 Å². The number of Topliss-reactive ketones (excluding diaryl/α,β-unsaturated/α-hetero) is 1. The Labute approximate surface area is 242 Å². The highest BCUT2D eigenvalue weighted by Crippen LogP contribution is 2.41. The fourth-order valence-corrected chi connectivity index (χ4v) is 6.27. The first-order chi connectivity index (χ1) is 19.1. The fourth-order valence-electron chi connectivity index (χ4n) is 5.71. The highest BCUT2D eigenvalue weighted by Gasteiger charge is 2.44. The minimum Gasteiger partial charge on any atom is -0.488 e. The number of carboxylic acid groups (broad SMARTS) is 1. The second-order valence-corrected chi connectivity index (χ2v) is 11.6. The lowest BCUT2D eigenvalue weighted by Crippen LogP contribution is -2.41. The maximum atomic E-state index is 14.0. The van der Waals surface area contributed by atoms with E-state index in [-0.39, 0.29) is 46.3 Å². The fraction of sp³-hybridized carbons (Fsp3) is 0.414. The van der Waals surface area contributed by atoms with Crippen LogP contribution in [0.5, 0.6) is 5.75 Å². The van der Waals surface area contributed by atoms with Crippen molar-refractivity contribution in [1.82, 2.24) is 19.7 Å². The van der Waals surface area contributed by atoms with Gasteiger partial charge >= 0.3 is 5.97 Å².